The van der Waals surface area contributed by atoms with Gasteiger partial charge in [-0.3, -0.25) is 4.79 Å². The van der Waals surface area contributed by atoms with E-state index in [1.165, 1.54) is 7.05 Å². The van der Waals surface area contributed by atoms with Gasteiger partial charge in [0.05, 0.1) is 11.8 Å². The molecule has 0 aromatic heterocycles. The Morgan fingerprint density at radius 2 is 2.12 bits per heavy atom. The van der Waals surface area contributed by atoms with Crippen LogP contribution in [0.25, 0.3) is 0 Å². The normalized spacial score (nSPS) is 29.4. The maximum Gasteiger partial charge on any atom is 0.390 e. The second-order valence-corrected chi connectivity index (χ2v) is 5.01. The van der Waals surface area contributed by atoms with Gasteiger partial charge in [0, 0.05) is 19.6 Å². The van der Waals surface area contributed by atoms with Crippen LogP contribution in [0.3, 0.4) is 0 Å². The highest BCUT2D eigenvalue weighted by atomic mass is 19.4. The van der Waals surface area contributed by atoms with E-state index in [0.717, 1.165) is 17.7 Å². The Labute approximate surface area is 99.1 Å². The van der Waals surface area contributed by atoms with Crippen LogP contribution in [0.15, 0.2) is 0 Å². The van der Waals surface area contributed by atoms with Crippen molar-refractivity contribution >= 4 is 5.91 Å². The third kappa shape index (κ3) is 3.34. The topological polar surface area (TPSA) is 46.3 Å². The molecule has 6 heteroatoms. The van der Waals surface area contributed by atoms with E-state index in [4.69, 9.17) is 5.73 Å². The summed E-state index contributed by atoms with van der Waals surface area (Å²) in [7, 11) is 1.41. The zero-order valence-corrected chi connectivity index (χ0v) is 10.2. The summed E-state index contributed by atoms with van der Waals surface area (Å²) in [6.07, 6.45) is -2.93. The Kier molecular flexibility index (Phi) is 4.06. The highest BCUT2D eigenvalue weighted by Crippen LogP contribution is 2.38. The number of rotatable bonds is 3. The molecule has 0 spiro atoms. The fourth-order valence-corrected chi connectivity index (χ4v) is 2.29. The number of halogens is 3. The van der Waals surface area contributed by atoms with Gasteiger partial charge in [0.15, 0.2) is 0 Å². The van der Waals surface area contributed by atoms with Crippen molar-refractivity contribution in [1.82, 2.24) is 4.90 Å². The van der Waals surface area contributed by atoms with E-state index in [1.54, 1.807) is 6.92 Å². The molecule has 0 heterocycles. The van der Waals surface area contributed by atoms with Gasteiger partial charge in [-0.25, -0.2) is 0 Å². The molecule has 1 aliphatic carbocycles. The molecule has 0 aromatic carbocycles. The number of nitrogens with zero attached hydrogens (tertiary/aromatic N) is 1. The summed E-state index contributed by atoms with van der Waals surface area (Å²) in [6, 6.07) is -0.247. The SMILES string of the molecule is CN(CCC(F)(F)F)C(=O)C1(C)CCCC1N. The van der Waals surface area contributed by atoms with Crippen molar-refractivity contribution in [3.8, 4) is 0 Å². The van der Waals surface area contributed by atoms with Gasteiger partial charge in [-0.1, -0.05) is 6.42 Å². The third-order valence-electron chi connectivity index (χ3n) is 3.60. The van der Waals surface area contributed by atoms with Crippen LogP contribution in [0.2, 0.25) is 0 Å². The lowest BCUT2D eigenvalue weighted by Gasteiger charge is -2.32. The lowest BCUT2D eigenvalue weighted by atomic mass is 9.83. The predicted octanol–water partition coefficient (Wildman–Crippen LogP) is 1.91. The number of hydrogen-bond donors (Lipinski definition) is 1. The predicted molar refractivity (Wildman–Crippen MR) is 58.2 cm³/mol. The van der Waals surface area contributed by atoms with Gasteiger partial charge in [0.1, 0.15) is 0 Å². The van der Waals surface area contributed by atoms with Crippen LogP contribution in [0.5, 0.6) is 0 Å². The third-order valence-corrected chi connectivity index (χ3v) is 3.60. The van der Waals surface area contributed by atoms with Crippen molar-refractivity contribution in [1.29, 1.82) is 0 Å². The standard InChI is InChI=1S/C11H19F3N2O/c1-10(5-3-4-8(10)15)9(17)16(2)7-6-11(12,13)14/h8H,3-7,15H2,1-2H3. The molecule has 2 N–H and O–H groups in total. The van der Waals surface area contributed by atoms with Crippen LogP contribution in [-0.4, -0.2) is 36.6 Å². The summed E-state index contributed by atoms with van der Waals surface area (Å²) >= 11 is 0. The number of amides is 1. The largest absolute Gasteiger partial charge is 0.390 e. The number of carbonyl (C=O) groups is 1. The van der Waals surface area contributed by atoms with Crippen molar-refractivity contribution in [2.75, 3.05) is 13.6 Å². The minimum absolute atomic E-state index is 0.247. The van der Waals surface area contributed by atoms with Gasteiger partial charge in [-0.15, -0.1) is 0 Å². The molecule has 100 valence electrons. The Morgan fingerprint density at radius 3 is 2.53 bits per heavy atom. The summed E-state index contributed by atoms with van der Waals surface area (Å²) in [6.45, 7) is 1.45. The van der Waals surface area contributed by atoms with Crippen molar-refractivity contribution in [3.05, 3.63) is 0 Å². The molecule has 0 bridgehead atoms. The zero-order chi connectivity index (χ0) is 13.3. The van der Waals surface area contributed by atoms with E-state index in [2.05, 4.69) is 0 Å². The molecule has 1 amide bonds. The Balaban J connectivity index is 2.58. The van der Waals surface area contributed by atoms with E-state index in [-0.39, 0.29) is 18.5 Å². The molecule has 1 aliphatic rings. The Hall–Kier alpha value is -0.780. The van der Waals surface area contributed by atoms with Crippen LogP contribution in [0.4, 0.5) is 13.2 Å². The first kappa shape index (κ1) is 14.3. The van der Waals surface area contributed by atoms with Crippen molar-refractivity contribution < 1.29 is 18.0 Å². The minimum atomic E-state index is -4.23. The summed E-state index contributed by atoms with van der Waals surface area (Å²) in [4.78, 5) is 13.2. The maximum absolute atomic E-state index is 12.1. The van der Waals surface area contributed by atoms with E-state index in [9.17, 15) is 18.0 Å². The van der Waals surface area contributed by atoms with Crippen LogP contribution >= 0.6 is 0 Å². The second kappa shape index (κ2) is 4.84. The first-order valence-corrected chi connectivity index (χ1v) is 5.75. The Morgan fingerprint density at radius 1 is 1.53 bits per heavy atom. The first-order valence-electron chi connectivity index (χ1n) is 5.75. The molecule has 17 heavy (non-hydrogen) atoms. The van der Waals surface area contributed by atoms with Gasteiger partial charge in [0.25, 0.3) is 0 Å². The molecule has 2 atom stereocenters. The quantitative estimate of drug-likeness (QED) is 0.834. The van der Waals surface area contributed by atoms with E-state index >= 15 is 0 Å². The molecule has 0 aromatic rings. The molecule has 1 saturated carbocycles. The highest BCUT2D eigenvalue weighted by molar-refractivity contribution is 5.83. The van der Waals surface area contributed by atoms with Gasteiger partial charge in [-0.2, -0.15) is 13.2 Å². The summed E-state index contributed by atoms with van der Waals surface area (Å²) in [5.41, 5.74) is 5.17. The average molecular weight is 252 g/mol. The van der Waals surface area contributed by atoms with E-state index < -0.39 is 18.0 Å². The lowest BCUT2D eigenvalue weighted by molar-refractivity contribution is -0.149. The van der Waals surface area contributed by atoms with Crippen molar-refractivity contribution in [3.63, 3.8) is 0 Å². The second-order valence-electron chi connectivity index (χ2n) is 5.01. The highest BCUT2D eigenvalue weighted by Gasteiger charge is 2.44. The number of carbonyl (C=O) groups excluding carboxylic acids is 1. The number of hydrogen-bond acceptors (Lipinski definition) is 2. The first-order chi connectivity index (χ1) is 7.67. The lowest BCUT2D eigenvalue weighted by Crippen LogP contribution is -2.48. The molecule has 1 rings (SSSR count). The number of nitrogens with two attached hydrogens (primary N) is 1. The van der Waals surface area contributed by atoms with Crippen molar-refractivity contribution in [2.24, 2.45) is 11.1 Å². The fourth-order valence-electron chi connectivity index (χ4n) is 2.29. The summed E-state index contributed by atoms with van der Waals surface area (Å²) in [5, 5.41) is 0. The van der Waals surface area contributed by atoms with Crippen LogP contribution < -0.4 is 5.73 Å². The molecule has 1 fully saturated rings. The van der Waals surface area contributed by atoms with Crippen LogP contribution in [0, 0.1) is 5.41 Å². The van der Waals surface area contributed by atoms with Gasteiger partial charge in [-0.05, 0) is 19.8 Å². The zero-order valence-electron chi connectivity index (χ0n) is 10.2. The molecule has 0 saturated heterocycles. The molecule has 2 unspecified atom stereocenters. The fraction of sp³-hybridized carbons (Fsp3) is 0.909. The molecule has 0 aliphatic heterocycles. The monoisotopic (exact) mass is 252 g/mol. The molecule has 0 radical (unpaired) electrons. The maximum atomic E-state index is 12.1. The van der Waals surface area contributed by atoms with Crippen molar-refractivity contribution in [2.45, 2.75) is 44.8 Å². The van der Waals surface area contributed by atoms with Crippen LogP contribution in [-0.2, 0) is 4.79 Å². The number of alkyl halides is 3. The van der Waals surface area contributed by atoms with E-state index in [0.29, 0.717) is 6.42 Å². The van der Waals surface area contributed by atoms with Crippen LogP contribution in [0.1, 0.15) is 32.6 Å². The molecule has 3 nitrogen and oxygen atoms in total. The summed E-state index contributed by atoms with van der Waals surface area (Å²) < 4.78 is 36.2. The van der Waals surface area contributed by atoms with Gasteiger partial charge < -0.3 is 10.6 Å². The molecular weight excluding hydrogens is 233 g/mol. The average Bonchev–Trinajstić information content (AvgIpc) is 2.55. The Bertz CT molecular complexity index is 293. The van der Waals surface area contributed by atoms with Gasteiger partial charge >= 0.3 is 6.18 Å². The molecular formula is C11H19F3N2O. The van der Waals surface area contributed by atoms with E-state index in [1.807, 2.05) is 0 Å². The summed E-state index contributed by atoms with van der Waals surface area (Å²) in [5.74, 6) is -0.272. The minimum Gasteiger partial charge on any atom is -0.345 e. The van der Waals surface area contributed by atoms with Gasteiger partial charge in [0.2, 0.25) is 5.91 Å². The smallest absolute Gasteiger partial charge is 0.345 e.